The number of rotatable bonds is 2. The van der Waals surface area contributed by atoms with E-state index >= 15 is 0 Å². The fourth-order valence-electron chi connectivity index (χ4n) is 2.79. The van der Waals surface area contributed by atoms with Gasteiger partial charge in [-0.25, -0.2) is 0 Å². The van der Waals surface area contributed by atoms with Crippen LogP contribution in [0.1, 0.15) is 35.1 Å². The van der Waals surface area contributed by atoms with Crippen molar-refractivity contribution in [3.8, 4) is 6.07 Å². The van der Waals surface area contributed by atoms with E-state index in [2.05, 4.69) is 26.1 Å². The third kappa shape index (κ3) is 3.73. The Morgan fingerprint density at radius 3 is 2.70 bits per heavy atom. The zero-order chi connectivity index (χ0) is 19.2. The van der Waals surface area contributed by atoms with Crippen LogP contribution in [0.5, 0.6) is 0 Å². The van der Waals surface area contributed by atoms with Crippen molar-refractivity contribution in [3.63, 3.8) is 0 Å². The number of aliphatic imine (C=N–C) groups is 1. The van der Waals surface area contributed by atoms with E-state index in [4.69, 9.17) is 4.99 Å². The Morgan fingerprint density at radius 1 is 1.26 bits per heavy atom. The van der Waals surface area contributed by atoms with E-state index in [1.165, 1.54) is 29.6 Å². The van der Waals surface area contributed by atoms with Crippen LogP contribution in [-0.2, 0) is 17.5 Å². The van der Waals surface area contributed by atoms with Crippen molar-refractivity contribution in [2.75, 3.05) is 0 Å². The Kier molecular flexibility index (Phi) is 4.72. The maximum absolute atomic E-state index is 12.8. The lowest BCUT2D eigenvalue weighted by molar-refractivity contribution is -0.137. The van der Waals surface area contributed by atoms with Gasteiger partial charge in [0.15, 0.2) is 0 Å². The lowest BCUT2D eigenvalue weighted by atomic mass is 10.1. The first-order valence-corrected chi connectivity index (χ1v) is 10.4. The van der Waals surface area contributed by atoms with Crippen molar-refractivity contribution in [2.24, 2.45) is 4.99 Å². The molecular weight excluding hydrogens is 461 g/mol. The minimum absolute atomic E-state index is 0.0315. The highest BCUT2D eigenvalue weighted by Gasteiger charge is 2.49. The zero-order valence-corrected chi connectivity index (χ0v) is 16.8. The summed E-state index contributed by atoms with van der Waals surface area (Å²) in [7, 11) is 0. The molecule has 1 fully saturated rings. The van der Waals surface area contributed by atoms with Crippen LogP contribution in [0.15, 0.2) is 38.9 Å². The van der Waals surface area contributed by atoms with Gasteiger partial charge in [-0.3, -0.25) is 4.99 Å². The topological polar surface area (TPSA) is 61.9 Å². The number of hydrogen-bond donors (Lipinski definition) is 0. The maximum atomic E-state index is 12.8. The highest BCUT2D eigenvalue weighted by molar-refractivity contribution is 9.10. The van der Waals surface area contributed by atoms with E-state index < -0.39 is 11.7 Å². The summed E-state index contributed by atoms with van der Waals surface area (Å²) in [5, 5.41) is 18.3. The molecule has 4 rings (SSSR count). The van der Waals surface area contributed by atoms with Gasteiger partial charge in [-0.15, -0.1) is 10.2 Å². The first-order chi connectivity index (χ1) is 12.8. The number of fused-ring (bicyclic) bond motifs is 2. The van der Waals surface area contributed by atoms with Gasteiger partial charge in [0.05, 0.1) is 22.7 Å². The molecule has 27 heavy (non-hydrogen) atoms. The average Bonchev–Trinajstić information content (AvgIpc) is 3.39. The molecule has 1 spiro atoms. The van der Waals surface area contributed by atoms with Gasteiger partial charge in [-0.05, 0) is 64.3 Å². The molecule has 0 N–H and O–H groups in total. The van der Waals surface area contributed by atoms with Crippen molar-refractivity contribution in [3.05, 3.63) is 51.1 Å². The van der Waals surface area contributed by atoms with Crippen LogP contribution in [0.3, 0.4) is 0 Å². The van der Waals surface area contributed by atoms with Gasteiger partial charge in [0.25, 0.3) is 0 Å². The van der Waals surface area contributed by atoms with Crippen LogP contribution in [-0.4, -0.2) is 14.6 Å². The van der Waals surface area contributed by atoms with E-state index in [0.29, 0.717) is 15.9 Å². The zero-order valence-electron chi connectivity index (χ0n) is 13.5. The number of benzene rings is 1. The number of halogens is 4. The first-order valence-electron chi connectivity index (χ1n) is 7.85. The predicted molar refractivity (Wildman–Crippen MR) is 101 cm³/mol. The number of alkyl halides is 3. The van der Waals surface area contributed by atoms with E-state index in [-0.39, 0.29) is 11.1 Å². The van der Waals surface area contributed by atoms with Crippen molar-refractivity contribution < 1.29 is 13.2 Å². The largest absolute Gasteiger partial charge is 0.416 e. The van der Waals surface area contributed by atoms with Crippen LogP contribution in [0.25, 0.3) is 0 Å². The predicted octanol–water partition coefficient (Wildman–Crippen LogP) is 5.51. The van der Waals surface area contributed by atoms with E-state index in [1.807, 2.05) is 12.1 Å². The SMILES string of the molecule is N#Cc1cc(C(F)(F)F)ccc1CSC1=NC2(CC2)c2cc(Br)nnc2S1. The summed E-state index contributed by atoms with van der Waals surface area (Å²) < 4.78 is 39.9. The molecule has 1 aromatic carbocycles. The number of thioether (sulfide) groups is 2. The molecule has 0 radical (unpaired) electrons. The second-order valence-corrected chi connectivity index (χ2v) is 9.18. The number of nitriles is 1. The molecule has 0 bridgehead atoms. The summed E-state index contributed by atoms with van der Waals surface area (Å²) in [4.78, 5) is 4.83. The standard InChI is InChI=1S/C17H10BrF3N4S2/c18-13-6-12-14(25-24-13)27-15(23-16(12)3-4-16)26-8-9-1-2-11(17(19,20)21)5-10(9)7-22/h1-2,5-6H,3-4,8H2. The molecule has 4 nitrogen and oxygen atoms in total. The minimum Gasteiger partial charge on any atom is -0.260 e. The Morgan fingerprint density at radius 2 is 2.04 bits per heavy atom. The summed E-state index contributed by atoms with van der Waals surface area (Å²) in [5.41, 5.74) is 0.578. The molecule has 1 saturated carbocycles. The van der Waals surface area contributed by atoms with Crippen molar-refractivity contribution >= 4 is 43.8 Å². The lowest BCUT2D eigenvalue weighted by Crippen LogP contribution is -2.14. The van der Waals surface area contributed by atoms with Crippen LogP contribution >= 0.6 is 39.5 Å². The molecule has 0 amide bonds. The molecule has 2 heterocycles. The van der Waals surface area contributed by atoms with E-state index in [1.54, 1.807) is 0 Å². The summed E-state index contributed by atoms with van der Waals surface area (Å²) in [6.45, 7) is 0. The van der Waals surface area contributed by atoms with Crippen LogP contribution < -0.4 is 0 Å². The molecular formula is C17H10BrF3N4S2. The summed E-state index contributed by atoms with van der Waals surface area (Å²) in [6.07, 6.45) is -2.59. The monoisotopic (exact) mass is 470 g/mol. The molecule has 0 saturated heterocycles. The summed E-state index contributed by atoms with van der Waals surface area (Å²) in [5.74, 6) is 0.363. The van der Waals surface area contributed by atoms with Gasteiger partial charge < -0.3 is 0 Å². The van der Waals surface area contributed by atoms with Gasteiger partial charge in [-0.1, -0.05) is 17.8 Å². The van der Waals surface area contributed by atoms with Crippen molar-refractivity contribution in [1.82, 2.24) is 10.2 Å². The van der Waals surface area contributed by atoms with Crippen molar-refractivity contribution in [1.29, 1.82) is 5.26 Å². The fraction of sp³-hybridized carbons (Fsp3) is 0.294. The molecule has 2 aliphatic rings. The van der Waals surface area contributed by atoms with E-state index in [0.717, 1.165) is 39.9 Å². The molecule has 1 aliphatic heterocycles. The van der Waals surface area contributed by atoms with Gasteiger partial charge in [0.2, 0.25) is 0 Å². The third-order valence-electron chi connectivity index (χ3n) is 4.35. The van der Waals surface area contributed by atoms with Crippen LogP contribution in [0.2, 0.25) is 0 Å². The normalized spacial score (nSPS) is 17.2. The highest BCUT2D eigenvalue weighted by Crippen LogP contribution is 2.56. The Hall–Kier alpha value is -1.57. The molecule has 2 aromatic rings. The Bertz CT molecular complexity index is 997. The number of nitrogens with zero attached hydrogens (tertiary/aromatic N) is 4. The first kappa shape index (κ1) is 18.8. The maximum Gasteiger partial charge on any atom is 0.416 e. The van der Waals surface area contributed by atoms with Crippen molar-refractivity contribution in [2.45, 2.75) is 35.3 Å². The lowest BCUT2D eigenvalue weighted by Gasteiger charge is -2.21. The fourth-order valence-corrected chi connectivity index (χ4v) is 5.34. The molecule has 1 aromatic heterocycles. The number of aromatic nitrogens is 2. The second-order valence-electron chi connectivity index (χ2n) is 6.17. The molecule has 0 unspecified atom stereocenters. The van der Waals surface area contributed by atoms with Gasteiger partial charge in [-0.2, -0.15) is 18.4 Å². The minimum atomic E-state index is -4.46. The smallest absolute Gasteiger partial charge is 0.260 e. The quantitative estimate of drug-likeness (QED) is 0.578. The van der Waals surface area contributed by atoms with Gasteiger partial charge >= 0.3 is 6.18 Å². The second kappa shape index (κ2) is 6.79. The Balaban J connectivity index is 1.54. The van der Waals surface area contributed by atoms with Crippen LogP contribution in [0.4, 0.5) is 13.2 Å². The van der Waals surface area contributed by atoms with Gasteiger partial charge in [0.1, 0.15) is 14.0 Å². The highest BCUT2D eigenvalue weighted by atomic mass is 79.9. The van der Waals surface area contributed by atoms with Gasteiger partial charge in [0, 0.05) is 11.3 Å². The molecule has 0 atom stereocenters. The summed E-state index contributed by atoms with van der Waals surface area (Å²) in [6, 6.07) is 7.06. The molecule has 1 aliphatic carbocycles. The molecule has 10 heteroatoms. The average molecular weight is 471 g/mol. The van der Waals surface area contributed by atoms with E-state index in [9.17, 15) is 18.4 Å². The summed E-state index contributed by atoms with van der Waals surface area (Å²) >= 11 is 6.14. The van der Waals surface area contributed by atoms with Crippen LogP contribution in [0, 0.1) is 11.3 Å². The number of hydrogen-bond acceptors (Lipinski definition) is 6. The Labute approximate surface area is 169 Å². The molecule has 138 valence electrons. The third-order valence-corrected chi connectivity index (χ3v) is 6.90.